The molecule has 1 heterocycles. The number of furan rings is 1. The third kappa shape index (κ3) is 2.30. The van der Waals surface area contributed by atoms with E-state index in [9.17, 15) is 5.11 Å². The molecule has 0 aliphatic carbocycles. The smallest absolute Gasteiger partial charge is 0.179 e. The van der Waals surface area contributed by atoms with Crippen LogP contribution in [0, 0.1) is 0 Å². The highest BCUT2D eigenvalue weighted by atomic mass is 35.5. The fourth-order valence-corrected chi connectivity index (χ4v) is 2.00. The van der Waals surface area contributed by atoms with Crippen molar-refractivity contribution in [3.8, 4) is 11.5 Å². The number of rotatable bonds is 4. The Balaban J connectivity index is 2.43. The normalized spacial score (nSPS) is 12.2. The molecule has 4 nitrogen and oxygen atoms in total. The van der Waals surface area contributed by atoms with Crippen LogP contribution in [0.15, 0.2) is 34.9 Å². The number of hydrogen-bond donors (Lipinski definition) is 1. The Morgan fingerprint density at radius 1 is 1.28 bits per heavy atom. The molecule has 0 amide bonds. The van der Waals surface area contributed by atoms with Gasteiger partial charge in [-0.05, 0) is 29.8 Å². The second-order valence-corrected chi connectivity index (χ2v) is 4.06. The van der Waals surface area contributed by atoms with Crippen LogP contribution in [0.2, 0.25) is 5.02 Å². The van der Waals surface area contributed by atoms with Crippen molar-refractivity contribution >= 4 is 11.6 Å². The Morgan fingerprint density at radius 3 is 2.61 bits per heavy atom. The fraction of sp³-hybridized carbons (Fsp3) is 0.231. The maximum atomic E-state index is 10.1. The van der Waals surface area contributed by atoms with E-state index in [0.29, 0.717) is 27.8 Å². The summed E-state index contributed by atoms with van der Waals surface area (Å²) in [5.74, 6) is 1.35. The Hall–Kier alpha value is -1.65. The van der Waals surface area contributed by atoms with Gasteiger partial charge < -0.3 is 19.0 Å². The van der Waals surface area contributed by atoms with Gasteiger partial charge in [-0.2, -0.15) is 0 Å². The highest BCUT2D eigenvalue weighted by molar-refractivity contribution is 6.32. The Kier molecular flexibility index (Phi) is 3.79. The summed E-state index contributed by atoms with van der Waals surface area (Å²) in [4.78, 5) is 0. The zero-order chi connectivity index (χ0) is 13.1. The summed E-state index contributed by atoms with van der Waals surface area (Å²) in [6, 6.07) is 6.68. The molecule has 0 bridgehead atoms. The highest BCUT2D eigenvalue weighted by Gasteiger charge is 2.18. The van der Waals surface area contributed by atoms with E-state index in [1.807, 2.05) is 0 Å². The van der Waals surface area contributed by atoms with E-state index in [4.69, 9.17) is 25.5 Å². The molecule has 0 aliphatic rings. The third-order valence-electron chi connectivity index (χ3n) is 2.58. The molecule has 1 aromatic carbocycles. The van der Waals surface area contributed by atoms with Crippen LogP contribution >= 0.6 is 11.6 Å². The van der Waals surface area contributed by atoms with Gasteiger partial charge in [0.15, 0.2) is 11.5 Å². The summed E-state index contributed by atoms with van der Waals surface area (Å²) in [5, 5.41) is 10.5. The van der Waals surface area contributed by atoms with Crippen LogP contribution < -0.4 is 9.47 Å². The average molecular weight is 269 g/mol. The first-order valence-electron chi connectivity index (χ1n) is 5.30. The molecule has 0 aliphatic heterocycles. The zero-order valence-electron chi connectivity index (χ0n) is 10.0. The minimum atomic E-state index is -0.891. The highest BCUT2D eigenvalue weighted by Crippen LogP contribution is 2.38. The van der Waals surface area contributed by atoms with Crippen LogP contribution in [0.1, 0.15) is 17.4 Å². The molecule has 18 heavy (non-hydrogen) atoms. The standard InChI is InChI=1S/C13H13ClO4/c1-16-11-7-8(6-9(14)13(11)17-2)12(15)10-4-3-5-18-10/h3-7,12,15H,1-2H3. The van der Waals surface area contributed by atoms with Gasteiger partial charge in [0, 0.05) is 0 Å². The lowest BCUT2D eigenvalue weighted by Gasteiger charge is -2.14. The van der Waals surface area contributed by atoms with E-state index in [1.165, 1.54) is 20.5 Å². The van der Waals surface area contributed by atoms with E-state index in [1.54, 1.807) is 24.3 Å². The number of halogens is 1. The molecule has 1 atom stereocenters. The summed E-state index contributed by atoms with van der Waals surface area (Å²) in [6.45, 7) is 0. The van der Waals surface area contributed by atoms with E-state index in [2.05, 4.69) is 0 Å². The number of benzene rings is 1. The van der Waals surface area contributed by atoms with E-state index < -0.39 is 6.10 Å². The van der Waals surface area contributed by atoms with Gasteiger partial charge in [-0.15, -0.1) is 0 Å². The van der Waals surface area contributed by atoms with Crippen LogP contribution in [0.3, 0.4) is 0 Å². The van der Waals surface area contributed by atoms with Crippen molar-refractivity contribution in [3.63, 3.8) is 0 Å². The molecule has 5 heteroatoms. The van der Waals surface area contributed by atoms with Crippen LogP contribution in [0.25, 0.3) is 0 Å². The maximum absolute atomic E-state index is 10.1. The second-order valence-electron chi connectivity index (χ2n) is 3.66. The number of ether oxygens (including phenoxy) is 2. The first-order chi connectivity index (χ1) is 8.67. The van der Waals surface area contributed by atoms with Crippen molar-refractivity contribution < 1.29 is 19.0 Å². The van der Waals surface area contributed by atoms with Gasteiger partial charge in [-0.3, -0.25) is 0 Å². The third-order valence-corrected chi connectivity index (χ3v) is 2.87. The van der Waals surface area contributed by atoms with Crippen LogP contribution in [-0.4, -0.2) is 19.3 Å². The van der Waals surface area contributed by atoms with Gasteiger partial charge in [-0.25, -0.2) is 0 Å². The van der Waals surface area contributed by atoms with E-state index in [-0.39, 0.29) is 0 Å². The molecule has 96 valence electrons. The van der Waals surface area contributed by atoms with Crippen molar-refractivity contribution in [1.82, 2.24) is 0 Å². The molecule has 1 unspecified atom stereocenters. The molecule has 0 radical (unpaired) electrons. The van der Waals surface area contributed by atoms with Crippen LogP contribution in [0.5, 0.6) is 11.5 Å². The summed E-state index contributed by atoms with van der Waals surface area (Å²) in [7, 11) is 3.02. The minimum absolute atomic E-state index is 0.373. The topological polar surface area (TPSA) is 51.8 Å². The Labute approximate surface area is 110 Å². The minimum Gasteiger partial charge on any atom is -0.493 e. The van der Waals surface area contributed by atoms with Crippen molar-refractivity contribution in [2.75, 3.05) is 14.2 Å². The molecule has 1 N–H and O–H groups in total. The SMILES string of the molecule is COc1cc(C(O)c2ccco2)cc(Cl)c1OC. The molecule has 0 saturated heterocycles. The first kappa shape index (κ1) is 12.8. The molecule has 2 aromatic rings. The monoisotopic (exact) mass is 268 g/mol. The van der Waals surface area contributed by atoms with Gasteiger partial charge in [0.25, 0.3) is 0 Å². The number of hydrogen-bond acceptors (Lipinski definition) is 4. The zero-order valence-corrected chi connectivity index (χ0v) is 10.8. The van der Waals surface area contributed by atoms with Crippen LogP contribution in [0.4, 0.5) is 0 Å². The Bertz CT molecular complexity index is 522. The number of aliphatic hydroxyl groups is 1. The van der Waals surface area contributed by atoms with Crippen LogP contribution in [-0.2, 0) is 0 Å². The predicted octanol–water partition coefficient (Wildman–Crippen LogP) is 3.03. The Morgan fingerprint density at radius 2 is 2.06 bits per heavy atom. The van der Waals surface area contributed by atoms with Gasteiger partial charge >= 0.3 is 0 Å². The molecular formula is C13H13ClO4. The van der Waals surface area contributed by atoms with Gasteiger partial charge in [0.2, 0.25) is 0 Å². The van der Waals surface area contributed by atoms with Gasteiger partial charge in [0.1, 0.15) is 11.9 Å². The molecule has 1 aromatic heterocycles. The van der Waals surface area contributed by atoms with Crippen molar-refractivity contribution in [2.45, 2.75) is 6.10 Å². The van der Waals surface area contributed by atoms with Crippen molar-refractivity contribution in [1.29, 1.82) is 0 Å². The predicted molar refractivity (Wildman–Crippen MR) is 67.3 cm³/mol. The molecular weight excluding hydrogens is 256 g/mol. The van der Waals surface area contributed by atoms with Crippen molar-refractivity contribution in [3.05, 3.63) is 46.9 Å². The largest absolute Gasteiger partial charge is 0.493 e. The van der Waals surface area contributed by atoms with Gasteiger partial charge in [-0.1, -0.05) is 11.6 Å². The maximum Gasteiger partial charge on any atom is 0.179 e. The number of methoxy groups -OCH3 is 2. The summed E-state index contributed by atoms with van der Waals surface area (Å²) < 4.78 is 15.5. The lowest BCUT2D eigenvalue weighted by Crippen LogP contribution is -2.00. The lowest BCUT2D eigenvalue weighted by atomic mass is 10.1. The lowest BCUT2D eigenvalue weighted by molar-refractivity contribution is 0.189. The summed E-state index contributed by atoms with van der Waals surface area (Å²) >= 11 is 6.07. The first-order valence-corrected chi connectivity index (χ1v) is 5.68. The molecule has 0 saturated carbocycles. The van der Waals surface area contributed by atoms with E-state index in [0.717, 1.165) is 0 Å². The molecule has 0 spiro atoms. The second kappa shape index (κ2) is 5.33. The quantitative estimate of drug-likeness (QED) is 0.926. The summed E-state index contributed by atoms with van der Waals surface area (Å²) in [5.41, 5.74) is 0.576. The van der Waals surface area contributed by atoms with Crippen molar-refractivity contribution in [2.24, 2.45) is 0 Å². The number of aliphatic hydroxyl groups excluding tert-OH is 1. The fourth-order valence-electron chi connectivity index (χ4n) is 1.71. The molecule has 0 fully saturated rings. The molecule has 2 rings (SSSR count). The summed E-state index contributed by atoms with van der Waals surface area (Å²) in [6.07, 6.45) is 0.610. The average Bonchev–Trinajstić information content (AvgIpc) is 2.90. The van der Waals surface area contributed by atoms with Gasteiger partial charge in [0.05, 0.1) is 25.5 Å². The van der Waals surface area contributed by atoms with E-state index >= 15 is 0 Å².